The minimum atomic E-state index is -4.49. The zero-order valence-corrected chi connectivity index (χ0v) is 16.9. The Kier molecular flexibility index (Phi) is 5.36. The van der Waals surface area contributed by atoms with Crippen molar-refractivity contribution in [2.24, 2.45) is 0 Å². The van der Waals surface area contributed by atoms with Crippen molar-refractivity contribution in [3.63, 3.8) is 0 Å². The number of hydrogen-bond acceptors (Lipinski definition) is 5. The lowest BCUT2D eigenvalue weighted by molar-refractivity contribution is -0.137. The van der Waals surface area contributed by atoms with E-state index in [1.54, 1.807) is 11.3 Å². The van der Waals surface area contributed by atoms with E-state index in [-0.39, 0.29) is 18.0 Å². The fourth-order valence-electron chi connectivity index (χ4n) is 3.27. The van der Waals surface area contributed by atoms with Crippen molar-refractivity contribution in [3.05, 3.63) is 59.1 Å². The Morgan fingerprint density at radius 3 is 2.24 bits per heavy atom. The number of thiazole rings is 1. The zero-order chi connectivity index (χ0) is 20.6. The smallest absolute Gasteiger partial charge is 0.294 e. The summed E-state index contributed by atoms with van der Waals surface area (Å²) in [7, 11) is -3.81. The maximum atomic E-state index is 12.7. The molecule has 2 heterocycles. The van der Waals surface area contributed by atoms with Crippen LogP contribution in [0.4, 0.5) is 13.2 Å². The average molecular weight is 442 g/mol. The van der Waals surface area contributed by atoms with Crippen molar-refractivity contribution in [1.29, 1.82) is 0 Å². The zero-order valence-electron chi connectivity index (χ0n) is 15.3. The molecule has 1 aliphatic rings. The second-order valence-corrected chi connectivity index (χ2v) is 9.83. The van der Waals surface area contributed by atoms with Gasteiger partial charge in [0.05, 0.1) is 27.2 Å². The number of benzene rings is 2. The van der Waals surface area contributed by atoms with E-state index in [2.05, 4.69) is 9.88 Å². The normalized spacial score (nSPS) is 17.1. The minimum absolute atomic E-state index is 0.120. The van der Waals surface area contributed by atoms with Gasteiger partial charge in [0.2, 0.25) is 10.0 Å². The first-order valence-corrected chi connectivity index (χ1v) is 11.2. The molecule has 2 aromatic carbocycles. The summed E-state index contributed by atoms with van der Waals surface area (Å²) < 4.78 is 66.0. The van der Waals surface area contributed by atoms with Crippen LogP contribution in [0.5, 0.6) is 0 Å². The third-order valence-corrected chi connectivity index (χ3v) is 7.78. The van der Waals surface area contributed by atoms with E-state index in [0.29, 0.717) is 19.6 Å². The quantitative estimate of drug-likeness (QED) is 0.618. The number of nitrogens with zero attached hydrogens (tertiary/aromatic N) is 3. The topological polar surface area (TPSA) is 53.5 Å². The summed E-state index contributed by atoms with van der Waals surface area (Å²) in [6, 6.07) is 11.5. The maximum absolute atomic E-state index is 12.7. The van der Waals surface area contributed by atoms with Crippen molar-refractivity contribution < 1.29 is 21.6 Å². The molecule has 0 saturated carbocycles. The van der Waals surface area contributed by atoms with E-state index in [1.807, 2.05) is 24.3 Å². The number of fused-ring (bicyclic) bond motifs is 1. The Labute approximate surface area is 170 Å². The van der Waals surface area contributed by atoms with Gasteiger partial charge in [0.25, 0.3) is 0 Å². The van der Waals surface area contributed by atoms with Crippen LogP contribution < -0.4 is 0 Å². The molecule has 1 aliphatic heterocycles. The molecule has 0 amide bonds. The largest absolute Gasteiger partial charge is 0.416 e. The third-order valence-electron chi connectivity index (χ3n) is 4.85. The van der Waals surface area contributed by atoms with Crippen molar-refractivity contribution in [1.82, 2.24) is 14.2 Å². The molecule has 3 aromatic rings. The molecular formula is C19H18F3N3O2S2. The van der Waals surface area contributed by atoms with Crippen LogP contribution in [-0.4, -0.2) is 48.8 Å². The summed E-state index contributed by atoms with van der Waals surface area (Å²) in [5, 5.41) is 0.977. The van der Waals surface area contributed by atoms with E-state index in [1.165, 1.54) is 4.31 Å². The van der Waals surface area contributed by atoms with Gasteiger partial charge in [0.1, 0.15) is 5.01 Å². The Morgan fingerprint density at radius 1 is 0.966 bits per heavy atom. The van der Waals surface area contributed by atoms with Gasteiger partial charge in [0.15, 0.2) is 0 Å². The Bertz CT molecular complexity index is 1070. The number of alkyl halides is 3. The van der Waals surface area contributed by atoms with Crippen LogP contribution in [0.25, 0.3) is 10.2 Å². The van der Waals surface area contributed by atoms with Gasteiger partial charge in [-0.1, -0.05) is 12.1 Å². The lowest BCUT2D eigenvalue weighted by atomic mass is 10.2. The van der Waals surface area contributed by atoms with Gasteiger partial charge in [-0.05, 0) is 36.4 Å². The third kappa shape index (κ3) is 4.30. The van der Waals surface area contributed by atoms with Gasteiger partial charge in [-0.15, -0.1) is 11.3 Å². The molecule has 0 bridgehead atoms. The summed E-state index contributed by atoms with van der Waals surface area (Å²) in [4.78, 5) is 6.62. The van der Waals surface area contributed by atoms with Crippen LogP contribution in [0.2, 0.25) is 0 Å². The highest BCUT2D eigenvalue weighted by atomic mass is 32.2. The van der Waals surface area contributed by atoms with Gasteiger partial charge >= 0.3 is 6.18 Å². The molecule has 0 radical (unpaired) electrons. The fourth-order valence-corrected chi connectivity index (χ4v) is 5.70. The molecule has 5 nitrogen and oxygen atoms in total. The van der Waals surface area contributed by atoms with E-state index >= 15 is 0 Å². The molecule has 10 heteroatoms. The lowest BCUT2D eigenvalue weighted by Crippen LogP contribution is -2.48. The van der Waals surface area contributed by atoms with E-state index in [4.69, 9.17) is 0 Å². The summed E-state index contributed by atoms with van der Waals surface area (Å²) in [6.45, 7) is 2.29. The number of para-hydroxylation sites is 1. The van der Waals surface area contributed by atoms with Crippen molar-refractivity contribution in [2.45, 2.75) is 17.6 Å². The Hall–Kier alpha value is -2.01. The predicted octanol–water partition coefficient (Wildman–Crippen LogP) is 3.82. The predicted molar refractivity (Wildman–Crippen MR) is 105 cm³/mol. The first-order valence-electron chi connectivity index (χ1n) is 8.98. The molecule has 1 fully saturated rings. The van der Waals surface area contributed by atoms with Crippen molar-refractivity contribution in [2.75, 3.05) is 26.2 Å². The molecule has 0 aliphatic carbocycles. The molecule has 1 aromatic heterocycles. The van der Waals surface area contributed by atoms with Gasteiger partial charge in [-0.25, -0.2) is 13.4 Å². The molecular weight excluding hydrogens is 423 g/mol. The highest BCUT2D eigenvalue weighted by Gasteiger charge is 2.32. The van der Waals surface area contributed by atoms with Crippen LogP contribution in [-0.2, 0) is 22.7 Å². The SMILES string of the molecule is O=S(=O)(c1ccc(C(F)(F)F)cc1)N1CCN(Cc2nc3ccccc3s2)CC1. The number of halogens is 3. The summed E-state index contributed by atoms with van der Waals surface area (Å²) >= 11 is 1.62. The second-order valence-electron chi connectivity index (χ2n) is 6.78. The van der Waals surface area contributed by atoms with Crippen molar-refractivity contribution >= 4 is 31.6 Å². The molecule has 0 atom stereocenters. The second kappa shape index (κ2) is 7.67. The van der Waals surface area contributed by atoms with Gasteiger partial charge in [0, 0.05) is 26.2 Å². The summed E-state index contributed by atoms with van der Waals surface area (Å²) in [6.07, 6.45) is -4.49. The molecule has 1 saturated heterocycles. The number of rotatable bonds is 4. The van der Waals surface area contributed by atoms with E-state index in [9.17, 15) is 21.6 Å². The molecule has 154 valence electrons. The Morgan fingerprint density at radius 2 is 1.62 bits per heavy atom. The fraction of sp³-hybridized carbons (Fsp3) is 0.316. The number of hydrogen-bond donors (Lipinski definition) is 0. The minimum Gasteiger partial charge on any atom is -0.294 e. The molecule has 4 rings (SSSR count). The highest BCUT2D eigenvalue weighted by molar-refractivity contribution is 7.89. The molecule has 0 unspecified atom stereocenters. The average Bonchev–Trinajstić information content (AvgIpc) is 3.10. The first kappa shape index (κ1) is 20.3. The monoisotopic (exact) mass is 441 g/mol. The summed E-state index contributed by atoms with van der Waals surface area (Å²) in [5.74, 6) is 0. The molecule has 0 N–H and O–H groups in total. The number of piperazine rings is 1. The van der Waals surface area contributed by atoms with Gasteiger partial charge < -0.3 is 0 Å². The van der Waals surface area contributed by atoms with E-state index in [0.717, 1.165) is 39.5 Å². The van der Waals surface area contributed by atoms with Gasteiger partial charge in [-0.3, -0.25) is 4.90 Å². The van der Waals surface area contributed by atoms with Crippen LogP contribution in [0.1, 0.15) is 10.6 Å². The highest BCUT2D eigenvalue weighted by Crippen LogP contribution is 2.30. The van der Waals surface area contributed by atoms with Crippen LogP contribution >= 0.6 is 11.3 Å². The van der Waals surface area contributed by atoms with Gasteiger partial charge in [-0.2, -0.15) is 17.5 Å². The Balaban J connectivity index is 1.40. The van der Waals surface area contributed by atoms with E-state index < -0.39 is 21.8 Å². The van der Waals surface area contributed by atoms with Crippen LogP contribution in [0, 0.1) is 0 Å². The molecule has 0 spiro atoms. The maximum Gasteiger partial charge on any atom is 0.416 e. The number of sulfonamides is 1. The van der Waals surface area contributed by atoms with Crippen molar-refractivity contribution in [3.8, 4) is 0 Å². The number of aromatic nitrogens is 1. The standard InChI is InChI=1S/C19H18F3N3O2S2/c20-19(21,22)14-5-7-15(8-6-14)29(26,27)25-11-9-24(10-12-25)13-18-23-16-3-1-2-4-17(16)28-18/h1-8H,9-13H2. The lowest BCUT2D eigenvalue weighted by Gasteiger charge is -2.33. The molecule has 29 heavy (non-hydrogen) atoms. The summed E-state index contributed by atoms with van der Waals surface area (Å²) in [5.41, 5.74) is 0.0909. The van der Waals surface area contributed by atoms with Crippen LogP contribution in [0.3, 0.4) is 0 Å². The van der Waals surface area contributed by atoms with Crippen LogP contribution in [0.15, 0.2) is 53.4 Å². The first-order chi connectivity index (χ1) is 13.7.